The summed E-state index contributed by atoms with van der Waals surface area (Å²) in [5, 5.41) is 11.7. The molecule has 3 nitrogen and oxygen atoms in total. The summed E-state index contributed by atoms with van der Waals surface area (Å²) in [6.45, 7) is 7.79. The molecule has 1 aliphatic heterocycles. The molecule has 4 heteroatoms. The van der Waals surface area contributed by atoms with E-state index in [-0.39, 0.29) is 6.61 Å². The second-order valence-electron chi connectivity index (χ2n) is 6.22. The zero-order valence-electron chi connectivity index (χ0n) is 13.8. The molecule has 1 aromatic heterocycles. The molecule has 0 aliphatic carbocycles. The van der Waals surface area contributed by atoms with E-state index in [1.165, 1.54) is 16.0 Å². The molecule has 124 valence electrons. The van der Waals surface area contributed by atoms with E-state index in [1.807, 2.05) is 11.3 Å². The van der Waals surface area contributed by atoms with Gasteiger partial charge in [-0.3, -0.25) is 9.80 Å². The molecule has 2 heterocycles. The smallest absolute Gasteiger partial charge is 0.0586 e. The lowest BCUT2D eigenvalue weighted by atomic mass is 10.1. The maximum atomic E-state index is 9.44. The lowest BCUT2D eigenvalue weighted by Gasteiger charge is -2.38. The van der Waals surface area contributed by atoms with Gasteiger partial charge in [-0.05, 0) is 29.0 Å². The largest absolute Gasteiger partial charge is 0.395 e. The highest BCUT2D eigenvalue weighted by Crippen LogP contribution is 2.26. The Morgan fingerprint density at radius 1 is 1.09 bits per heavy atom. The van der Waals surface area contributed by atoms with Crippen LogP contribution in [0, 0.1) is 0 Å². The SMILES string of the molecule is CCC(CO)N1CCN(Cc2cc(-c3ccccc3)cs2)CC1. The van der Waals surface area contributed by atoms with E-state index in [0.717, 1.165) is 39.1 Å². The molecule has 23 heavy (non-hydrogen) atoms. The molecule has 1 N–H and O–H groups in total. The van der Waals surface area contributed by atoms with Crippen LogP contribution in [-0.2, 0) is 6.54 Å². The van der Waals surface area contributed by atoms with Crippen molar-refractivity contribution in [1.29, 1.82) is 0 Å². The minimum absolute atomic E-state index is 0.280. The van der Waals surface area contributed by atoms with Crippen molar-refractivity contribution in [2.75, 3.05) is 32.8 Å². The fourth-order valence-electron chi connectivity index (χ4n) is 3.26. The van der Waals surface area contributed by atoms with Gasteiger partial charge in [-0.2, -0.15) is 0 Å². The second kappa shape index (κ2) is 8.06. The van der Waals surface area contributed by atoms with Gasteiger partial charge in [-0.1, -0.05) is 37.3 Å². The summed E-state index contributed by atoms with van der Waals surface area (Å²) >= 11 is 1.86. The van der Waals surface area contributed by atoms with Crippen LogP contribution in [0.4, 0.5) is 0 Å². The van der Waals surface area contributed by atoms with Crippen LogP contribution in [0.3, 0.4) is 0 Å². The minimum Gasteiger partial charge on any atom is -0.395 e. The molecular weight excluding hydrogens is 304 g/mol. The van der Waals surface area contributed by atoms with Gasteiger partial charge in [-0.15, -0.1) is 11.3 Å². The molecule has 1 aromatic carbocycles. The quantitative estimate of drug-likeness (QED) is 0.880. The van der Waals surface area contributed by atoms with Gasteiger partial charge in [0.25, 0.3) is 0 Å². The first-order valence-electron chi connectivity index (χ1n) is 8.50. The maximum Gasteiger partial charge on any atom is 0.0586 e. The number of nitrogens with zero attached hydrogens (tertiary/aromatic N) is 2. The van der Waals surface area contributed by atoms with Crippen LogP contribution in [-0.4, -0.2) is 53.7 Å². The summed E-state index contributed by atoms with van der Waals surface area (Å²) in [5.41, 5.74) is 2.63. The van der Waals surface area contributed by atoms with E-state index in [1.54, 1.807) is 0 Å². The van der Waals surface area contributed by atoms with Crippen LogP contribution in [0.1, 0.15) is 18.2 Å². The van der Waals surface area contributed by atoms with Gasteiger partial charge in [0.05, 0.1) is 6.61 Å². The molecule has 1 aliphatic rings. The first-order valence-corrected chi connectivity index (χ1v) is 9.38. The second-order valence-corrected chi connectivity index (χ2v) is 7.22. The first kappa shape index (κ1) is 16.7. The maximum absolute atomic E-state index is 9.44. The summed E-state index contributed by atoms with van der Waals surface area (Å²) in [5.74, 6) is 0. The van der Waals surface area contributed by atoms with Crippen molar-refractivity contribution in [1.82, 2.24) is 9.80 Å². The number of piperazine rings is 1. The van der Waals surface area contributed by atoms with Crippen LogP contribution in [0.2, 0.25) is 0 Å². The van der Waals surface area contributed by atoms with Crippen LogP contribution in [0.5, 0.6) is 0 Å². The van der Waals surface area contributed by atoms with Crippen molar-refractivity contribution in [2.24, 2.45) is 0 Å². The molecular formula is C19H26N2OS. The van der Waals surface area contributed by atoms with Crippen LogP contribution in [0.25, 0.3) is 11.1 Å². The Labute approximate surface area is 143 Å². The summed E-state index contributed by atoms with van der Waals surface area (Å²) < 4.78 is 0. The fourth-order valence-corrected chi connectivity index (χ4v) is 4.19. The van der Waals surface area contributed by atoms with Gasteiger partial charge in [0.1, 0.15) is 0 Å². The van der Waals surface area contributed by atoms with Gasteiger partial charge < -0.3 is 5.11 Å². The standard InChI is InChI=1S/C19H26N2OS/c1-2-18(14-22)21-10-8-20(9-11-21)13-19-12-17(15-23-19)16-6-4-3-5-7-16/h3-7,12,15,18,22H,2,8-11,13-14H2,1H3. The number of aliphatic hydroxyl groups excluding tert-OH is 1. The Morgan fingerprint density at radius 3 is 2.48 bits per heavy atom. The predicted octanol–water partition coefficient (Wildman–Crippen LogP) is 3.30. The average molecular weight is 330 g/mol. The van der Waals surface area contributed by atoms with Crippen LogP contribution >= 0.6 is 11.3 Å². The summed E-state index contributed by atoms with van der Waals surface area (Å²) in [6.07, 6.45) is 1.03. The van der Waals surface area contributed by atoms with Gasteiger partial charge in [-0.25, -0.2) is 0 Å². The Bertz CT molecular complexity index is 586. The summed E-state index contributed by atoms with van der Waals surface area (Å²) in [7, 11) is 0. The molecule has 1 saturated heterocycles. The monoisotopic (exact) mass is 330 g/mol. The van der Waals surface area contributed by atoms with Crippen molar-refractivity contribution < 1.29 is 5.11 Å². The number of hydrogen-bond donors (Lipinski definition) is 1. The van der Waals surface area contributed by atoms with Gasteiger partial charge in [0.2, 0.25) is 0 Å². The van der Waals surface area contributed by atoms with E-state index in [9.17, 15) is 5.11 Å². The van der Waals surface area contributed by atoms with Crippen molar-refractivity contribution in [3.63, 3.8) is 0 Å². The zero-order chi connectivity index (χ0) is 16.1. The highest BCUT2D eigenvalue weighted by molar-refractivity contribution is 7.10. The molecule has 0 radical (unpaired) electrons. The third-order valence-electron chi connectivity index (χ3n) is 4.75. The van der Waals surface area contributed by atoms with E-state index < -0.39 is 0 Å². The Kier molecular flexibility index (Phi) is 5.84. The molecule has 0 amide bonds. The van der Waals surface area contributed by atoms with Crippen LogP contribution in [0.15, 0.2) is 41.8 Å². The molecule has 0 spiro atoms. The van der Waals surface area contributed by atoms with Gasteiger partial charge >= 0.3 is 0 Å². The average Bonchev–Trinajstić information content (AvgIpc) is 3.07. The number of thiophene rings is 1. The van der Waals surface area contributed by atoms with E-state index >= 15 is 0 Å². The minimum atomic E-state index is 0.280. The Balaban J connectivity index is 1.54. The highest BCUT2D eigenvalue weighted by atomic mass is 32.1. The molecule has 1 unspecified atom stereocenters. The Morgan fingerprint density at radius 2 is 1.83 bits per heavy atom. The van der Waals surface area contributed by atoms with Crippen molar-refractivity contribution in [2.45, 2.75) is 25.9 Å². The van der Waals surface area contributed by atoms with Gasteiger partial charge in [0, 0.05) is 43.6 Å². The van der Waals surface area contributed by atoms with E-state index in [4.69, 9.17) is 0 Å². The highest BCUT2D eigenvalue weighted by Gasteiger charge is 2.22. The number of aliphatic hydroxyl groups is 1. The zero-order valence-corrected chi connectivity index (χ0v) is 14.6. The lowest BCUT2D eigenvalue weighted by Crippen LogP contribution is -2.50. The van der Waals surface area contributed by atoms with E-state index in [0.29, 0.717) is 6.04 Å². The normalized spacial score (nSPS) is 18.2. The number of benzene rings is 1. The predicted molar refractivity (Wildman–Crippen MR) is 97.8 cm³/mol. The third kappa shape index (κ3) is 4.21. The first-order chi connectivity index (χ1) is 11.3. The van der Waals surface area contributed by atoms with Crippen molar-refractivity contribution in [3.05, 3.63) is 46.7 Å². The molecule has 1 atom stereocenters. The molecule has 0 saturated carbocycles. The van der Waals surface area contributed by atoms with E-state index in [2.05, 4.69) is 58.5 Å². The molecule has 2 aromatic rings. The lowest BCUT2D eigenvalue weighted by molar-refractivity contribution is 0.0612. The summed E-state index contributed by atoms with van der Waals surface area (Å²) in [6, 6.07) is 13.3. The topological polar surface area (TPSA) is 26.7 Å². The third-order valence-corrected chi connectivity index (χ3v) is 5.67. The van der Waals surface area contributed by atoms with Crippen molar-refractivity contribution in [3.8, 4) is 11.1 Å². The molecule has 3 rings (SSSR count). The van der Waals surface area contributed by atoms with Crippen molar-refractivity contribution >= 4 is 11.3 Å². The summed E-state index contributed by atoms with van der Waals surface area (Å²) in [4.78, 5) is 6.40. The van der Waals surface area contributed by atoms with Gasteiger partial charge in [0.15, 0.2) is 0 Å². The molecule has 1 fully saturated rings. The fraction of sp³-hybridized carbons (Fsp3) is 0.474. The molecule has 0 bridgehead atoms. The van der Waals surface area contributed by atoms with Crippen LogP contribution < -0.4 is 0 Å². The number of hydrogen-bond acceptors (Lipinski definition) is 4. The Hall–Kier alpha value is -1.20. The number of rotatable bonds is 6.